The predicted molar refractivity (Wildman–Crippen MR) is 86.8 cm³/mol. The van der Waals surface area contributed by atoms with Crippen LogP contribution < -0.4 is 0 Å². The third kappa shape index (κ3) is 3.85. The van der Waals surface area contributed by atoms with Gasteiger partial charge >= 0.3 is 0 Å². The van der Waals surface area contributed by atoms with Crippen molar-refractivity contribution in [1.29, 1.82) is 0 Å². The Morgan fingerprint density at radius 1 is 1.30 bits per heavy atom. The van der Waals surface area contributed by atoms with Gasteiger partial charge in [0.05, 0.1) is 6.21 Å². The Hall–Kier alpha value is -1.29. The van der Waals surface area contributed by atoms with E-state index >= 15 is 0 Å². The van der Waals surface area contributed by atoms with Crippen LogP contribution in [0.2, 0.25) is 0 Å². The molecule has 1 aromatic heterocycles. The Bertz CT molecular complexity index is 563. The lowest BCUT2D eigenvalue weighted by Gasteiger charge is -1.98. The molecular formula is C16H20BrNO2. The first-order valence-electron chi connectivity index (χ1n) is 7.08. The maximum absolute atomic E-state index is 5.93. The molecule has 2 rings (SSSR count). The summed E-state index contributed by atoms with van der Waals surface area (Å²) in [5.74, 6) is 1.00. The van der Waals surface area contributed by atoms with Crippen molar-refractivity contribution in [2.24, 2.45) is 5.16 Å². The van der Waals surface area contributed by atoms with Gasteiger partial charge in [-0.05, 0) is 18.9 Å². The number of aryl methyl sites for hydroxylation is 1. The standard InChI is InChI=1S/C16H20BrNO2/c1-2-3-8-16-14(12-18-19-11-6-10-17)13-7-4-5-9-15(13)20-16/h4-5,7,9,12H,2-3,6,8,10-11H2,1H3. The van der Waals surface area contributed by atoms with Gasteiger partial charge in [-0.1, -0.05) is 52.6 Å². The van der Waals surface area contributed by atoms with E-state index in [2.05, 4.69) is 34.1 Å². The number of nitrogens with zero attached hydrogens (tertiary/aromatic N) is 1. The van der Waals surface area contributed by atoms with E-state index in [0.29, 0.717) is 6.61 Å². The monoisotopic (exact) mass is 337 g/mol. The number of para-hydroxylation sites is 1. The average molecular weight is 338 g/mol. The van der Waals surface area contributed by atoms with Crippen LogP contribution in [0.4, 0.5) is 0 Å². The van der Waals surface area contributed by atoms with Gasteiger partial charge in [-0.2, -0.15) is 0 Å². The largest absolute Gasteiger partial charge is 0.460 e. The van der Waals surface area contributed by atoms with Crippen LogP contribution in [-0.4, -0.2) is 18.2 Å². The molecule has 0 atom stereocenters. The second-order valence-corrected chi connectivity index (χ2v) is 5.44. The van der Waals surface area contributed by atoms with Crippen LogP contribution in [-0.2, 0) is 11.3 Å². The second-order valence-electron chi connectivity index (χ2n) is 4.65. The molecule has 0 aliphatic rings. The van der Waals surface area contributed by atoms with Gasteiger partial charge in [-0.15, -0.1) is 0 Å². The highest BCUT2D eigenvalue weighted by Gasteiger charge is 2.11. The van der Waals surface area contributed by atoms with E-state index in [1.54, 1.807) is 6.21 Å². The molecule has 0 saturated carbocycles. The molecule has 1 heterocycles. The van der Waals surface area contributed by atoms with Crippen molar-refractivity contribution in [3.05, 3.63) is 35.6 Å². The molecule has 2 aromatic rings. The lowest BCUT2D eigenvalue weighted by atomic mass is 10.1. The fourth-order valence-corrected chi connectivity index (χ4v) is 2.27. The molecule has 0 radical (unpaired) electrons. The molecule has 4 heteroatoms. The fraction of sp³-hybridized carbons (Fsp3) is 0.438. The van der Waals surface area contributed by atoms with E-state index in [4.69, 9.17) is 9.25 Å². The zero-order chi connectivity index (χ0) is 14.2. The molecule has 0 bridgehead atoms. The molecule has 0 amide bonds. The van der Waals surface area contributed by atoms with Gasteiger partial charge in [-0.3, -0.25) is 0 Å². The molecule has 3 nitrogen and oxygen atoms in total. The molecule has 1 aromatic carbocycles. The molecule has 0 N–H and O–H groups in total. The van der Waals surface area contributed by atoms with E-state index < -0.39 is 0 Å². The molecule has 0 spiro atoms. The van der Waals surface area contributed by atoms with Crippen molar-refractivity contribution in [3.8, 4) is 0 Å². The van der Waals surface area contributed by atoms with Crippen LogP contribution in [0.1, 0.15) is 37.5 Å². The summed E-state index contributed by atoms with van der Waals surface area (Å²) in [6.45, 7) is 2.81. The molecule has 0 fully saturated rings. The summed E-state index contributed by atoms with van der Waals surface area (Å²) in [5, 5.41) is 6.10. The number of furan rings is 1. The van der Waals surface area contributed by atoms with Crippen molar-refractivity contribution in [2.45, 2.75) is 32.6 Å². The summed E-state index contributed by atoms with van der Waals surface area (Å²) in [4.78, 5) is 5.25. The number of alkyl halides is 1. The highest BCUT2D eigenvalue weighted by Crippen LogP contribution is 2.25. The normalized spacial score (nSPS) is 11.5. The molecule has 0 aliphatic heterocycles. The van der Waals surface area contributed by atoms with Crippen molar-refractivity contribution < 1.29 is 9.25 Å². The Morgan fingerprint density at radius 2 is 2.15 bits per heavy atom. The predicted octanol–water partition coefficient (Wildman–Crippen LogP) is 4.91. The van der Waals surface area contributed by atoms with Gasteiger partial charge in [0.25, 0.3) is 0 Å². The van der Waals surface area contributed by atoms with Gasteiger partial charge in [0.2, 0.25) is 0 Å². The Morgan fingerprint density at radius 3 is 2.95 bits per heavy atom. The summed E-state index contributed by atoms with van der Waals surface area (Å²) in [7, 11) is 0. The van der Waals surface area contributed by atoms with Crippen molar-refractivity contribution in [3.63, 3.8) is 0 Å². The van der Waals surface area contributed by atoms with Gasteiger partial charge in [0, 0.05) is 22.7 Å². The van der Waals surface area contributed by atoms with Gasteiger partial charge in [-0.25, -0.2) is 0 Å². The first-order chi connectivity index (χ1) is 9.86. The van der Waals surface area contributed by atoms with Crippen LogP contribution in [0, 0.1) is 0 Å². The zero-order valence-electron chi connectivity index (χ0n) is 11.8. The SMILES string of the molecule is CCCCc1oc2ccccc2c1C=NOCCCBr. The third-order valence-corrected chi connectivity index (χ3v) is 3.65. The summed E-state index contributed by atoms with van der Waals surface area (Å²) >= 11 is 3.37. The maximum atomic E-state index is 5.93. The molecule has 20 heavy (non-hydrogen) atoms. The van der Waals surface area contributed by atoms with Gasteiger partial charge in [0.1, 0.15) is 18.0 Å². The number of rotatable bonds is 8. The number of halogens is 1. The average Bonchev–Trinajstić information content (AvgIpc) is 2.83. The lowest BCUT2D eigenvalue weighted by molar-refractivity contribution is 0.147. The van der Waals surface area contributed by atoms with Gasteiger partial charge in [0.15, 0.2) is 0 Å². The highest BCUT2D eigenvalue weighted by atomic mass is 79.9. The van der Waals surface area contributed by atoms with E-state index in [-0.39, 0.29) is 0 Å². The minimum atomic E-state index is 0.627. The van der Waals surface area contributed by atoms with Gasteiger partial charge < -0.3 is 9.25 Å². The number of hydrogen-bond donors (Lipinski definition) is 0. The Kier molecular flexibility index (Phi) is 6.12. The maximum Gasteiger partial charge on any atom is 0.134 e. The zero-order valence-corrected chi connectivity index (χ0v) is 13.4. The van der Waals surface area contributed by atoms with Crippen LogP contribution >= 0.6 is 15.9 Å². The summed E-state index contributed by atoms with van der Waals surface area (Å²) in [5.41, 5.74) is 1.97. The third-order valence-electron chi connectivity index (χ3n) is 3.09. The smallest absolute Gasteiger partial charge is 0.134 e. The summed E-state index contributed by atoms with van der Waals surface area (Å²) in [6, 6.07) is 8.06. The number of fused-ring (bicyclic) bond motifs is 1. The van der Waals surface area contributed by atoms with E-state index in [1.807, 2.05) is 18.2 Å². The van der Waals surface area contributed by atoms with Crippen LogP contribution in [0.25, 0.3) is 11.0 Å². The first kappa shape index (κ1) is 15.1. The van der Waals surface area contributed by atoms with Crippen LogP contribution in [0.5, 0.6) is 0 Å². The van der Waals surface area contributed by atoms with Crippen molar-refractivity contribution >= 4 is 33.1 Å². The topological polar surface area (TPSA) is 34.7 Å². The lowest BCUT2D eigenvalue weighted by Crippen LogP contribution is -1.92. The van der Waals surface area contributed by atoms with Crippen LogP contribution in [0.15, 0.2) is 33.8 Å². The quantitative estimate of drug-likeness (QED) is 0.297. The van der Waals surface area contributed by atoms with Crippen molar-refractivity contribution in [2.75, 3.05) is 11.9 Å². The van der Waals surface area contributed by atoms with Crippen LogP contribution in [0.3, 0.4) is 0 Å². The Labute approximate surface area is 128 Å². The van der Waals surface area contributed by atoms with E-state index in [0.717, 1.165) is 53.3 Å². The highest BCUT2D eigenvalue weighted by molar-refractivity contribution is 9.09. The molecule has 108 valence electrons. The summed E-state index contributed by atoms with van der Waals surface area (Å²) < 4.78 is 5.93. The fourth-order valence-electron chi connectivity index (χ4n) is 2.04. The molecule has 0 saturated heterocycles. The number of benzene rings is 1. The molecule has 0 aliphatic carbocycles. The number of oxime groups is 1. The Balaban J connectivity index is 2.19. The van der Waals surface area contributed by atoms with Crippen molar-refractivity contribution in [1.82, 2.24) is 0 Å². The van der Waals surface area contributed by atoms with E-state index in [9.17, 15) is 0 Å². The molecular weight excluding hydrogens is 318 g/mol. The number of unbranched alkanes of at least 4 members (excludes halogenated alkanes) is 1. The first-order valence-corrected chi connectivity index (χ1v) is 8.20. The molecule has 0 unspecified atom stereocenters. The second kappa shape index (κ2) is 8.10. The minimum Gasteiger partial charge on any atom is -0.460 e. The minimum absolute atomic E-state index is 0.627. The van der Waals surface area contributed by atoms with E-state index in [1.165, 1.54) is 0 Å². The number of hydrogen-bond acceptors (Lipinski definition) is 3. The summed E-state index contributed by atoms with van der Waals surface area (Å²) in [6.07, 6.45) is 5.94.